The van der Waals surface area contributed by atoms with Crippen molar-refractivity contribution in [2.24, 2.45) is 0 Å². The number of nitrogens with zero attached hydrogens (tertiary/aromatic N) is 2. The molecule has 146 valence electrons. The van der Waals surface area contributed by atoms with E-state index in [1.165, 1.54) is 0 Å². The van der Waals surface area contributed by atoms with Crippen LogP contribution in [0.3, 0.4) is 0 Å². The maximum atomic E-state index is 9.33. The van der Waals surface area contributed by atoms with Gasteiger partial charge < -0.3 is 14.2 Å². The molecule has 0 bridgehead atoms. The average molecular weight is 387 g/mol. The predicted octanol–water partition coefficient (Wildman–Crippen LogP) is 3.86. The van der Waals surface area contributed by atoms with E-state index < -0.39 is 5.41 Å². The number of fused-ring (bicyclic) bond motifs is 1. The van der Waals surface area contributed by atoms with Crippen molar-refractivity contribution >= 4 is 6.08 Å². The molecule has 1 heterocycles. The quantitative estimate of drug-likeness (QED) is 0.719. The second-order valence-electron chi connectivity index (χ2n) is 6.84. The first-order chi connectivity index (χ1) is 14.2. The number of allylic oxidation sites excluding steroid dienone is 1. The number of aromatic nitrogens is 2. The van der Waals surface area contributed by atoms with Gasteiger partial charge in [0.1, 0.15) is 6.07 Å². The molecule has 1 aliphatic carbocycles. The number of aromatic amines is 1. The zero-order valence-corrected chi connectivity index (χ0v) is 16.5. The first-order valence-corrected chi connectivity index (χ1v) is 9.19. The van der Waals surface area contributed by atoms with Gasteiger partial charge in [0, 0.05) is 23.1 Å². The monoisotopic (exact) mass is 387 g/mol. The summed E-state index contributed by atoms with van der Waals surface area (Å²) in [5, 5.41) is 16.5. The lowest BCUT2D eigenvalue weighted by molar-refractivity contribution is 0.323. The summed E-state index contributed by atoms with van der Waals surface area (Å²) in [5.41, 5.74) is 3.79. The van der Waals surface area contributed by atoms with Gasteiger partial charge in [-0.2, -0.15) is 10.4 Å². The van der Waals surface area contributed by atoms with E-state index in [4.69, 9.17) is 14.2 Å². The van der Waals surface area contributed by atoms with Crippen molar-refractivity contribution in [2.75, 3.05) is 21.3 Å². The van der Waals surface area contributed by atoms with Crippen LogP contribution in [-0.4, -0.2) is 31.5 Å². The highest BCUT2D eigenvalue weighted by atomic mass is 16.5. The summed E-state index contributed by atoms with van der Waals surface area (Å²) in [4.78, 5) is 0. The van der Waals surface area contributed by atoms with Gasteiger partial charge in [0.15, 0.2) is 17.2 Å². The van der Waals surface area contributed by atoms with Crippen molar-refractivity contribution < 1.29 is 14.2 Å². The molecule has 0 amide bonds. The van der Waals surface area contributed by atoms with E-state index in [9.17, 15) is 5.26 Å². The number of benzene rings is 2. The van der Waals surface area contributed by atoms with Crippen LogP contribution in [0.5, 0.6) is 17.2 Å². The van der Waals surface area contributed by atoms with Crippen LogP contribution in [0.4, 0.5) is 0 Å². The fourth-order valence-electron chi connectivity index (χ4n) is 3.99. The molecule has 1 unspecified atom stereocenters. The van der Waals surface area contributed by atoms with Crippen LogP contribution in [0.25, 0.3) is 6.08 Å². The highest BCUT2D eigenvalue weighted by molar-refractivity contribution is 5.68. The number of methoxy groups -OCH3 is 3. The Labute approximate surface area is 169 Å². The molecule has 1 aliphatic rings. The van der Waals surface area contributed by atoms with Crippen LogP contribution >= 0.6 is 0 Å². The van der Waals surface area contributed by atoms with Gasteiger partial charge in [0.05, 0.1) is 21.3 Å². The van der Waals surface area contributed by atoms with Crippen molar-refractivity contribution in [1.82, 2.24) is 10.2 Å². The Bertz CT molecular complexity index is 1090. The minimum Gasteiger partial charge on any atom is -0.493 e. The Hall–Kier alpha value is -3.72. The van der Waals surface area contributed by atoms with Gasteiger partial charge in [0.2, 0.25) is 5.75 Å². The minimum atomic E-state index is -0.486. The Kier molecular flexibility index (Phi) is 4.73. The fraction of sp³-hybridized carbons (Fsp3) is 0.217. The SMILES string of the molecule is COc1cc(C2(c3ccccc3)C=Cc3c(C#N)n[nH]c3C2)cc(OC)c1OC. The first-order valence-electron chi connectivity index (χ1n) is 9.19. The third-order valence-corrected chi connectivity index (χ3v) is 5.45. The molecule has 0 saturated carbocycles. The van der Waals surface area contributed by atoms with E-state index in [-0.39, 0.29) is 0 Å². The third-order valence-electron chi connectivity index (χ3n) is 5.45. The minimum absolute atomic E-state index is 0.405. The molecular weight excluding hydrogens is 366 g/mol. The molecule has 0 saturated heterocycles. The maximum Gasteiger partial charge on any atom is 0.203 e. The number of nitriles is 1. The Balaban J connectivity index is 1.96. The van der Waals surface area contributed by atoms with Gasteiger partial charge in [-0.05, 0) is 23.3 Å². The van der Waals surface area contributed by atoms with Crippen molar-refractivity contribution in [3.8, 4) is 23.3 Å². The van der Waals surface area contributed by atoms with Gasteiger partial charge in [-0.15, -0.1) is 0 Å². The predicted molar refractivity (Wildman–Crippen MR) is 109 cm³/mol. The highest BCUT2D eigenvalue weighted by Crippen LogP contribution is 2.47. The Morgan fingerprint density at radius 2 is 1.69 bits per heavy atom. The molecule has 6 heteroatoms. The smallest absolute Gasteiger partial charge is 0.203 e. The van der Waals surface area contributed by atoms with Gasteiger partial charge in [0.25, 0.3) is 0 Å². The van der Waals surface area contributed by atoms with Crippen LogP contribution in [0.15, 0.2) is 48.5 Å². The number of H-pyrrole nitrogens is 1. The van der Waals surface area contributed by atoms with E-state index in [1.807, 2.05) is 36.4 Å². The van der Waals surface area contributed by atoms with E-state index in [0.29, 0.717) is 29.4 Å². The molecule has 1 N–H and O–H groups in total. The summed E-state index contributed by atoms with van der Waals surface area (Å²) in [6.07, 6.45) is 4.72. The van der Waals surface area contributed by atoms with Crippen molar-refractivity contribution in [3.05, 3.63) is 76.6 Å². The number of rotatable bonds is 5. The van der Waals surface area contributed by atoms with Crippen LogP contribution < -0.4 is 14.2 Å². The zero-order valence-electron chi connectivity index (χ0n) is 16.5. The molecule has 0 aliphatic heterocycles. The van der Waals surface area contributed by atoms with Crippen LogP contribution in [0.1, 0.15) is 28.1 Å². The molecule has 4 rings (SSSR count). The lowest BCUT2D eigenvalue weighted by atomic mass is 9.68. The number of nitrogens with one attached hydrogen (secondary N) is 1. The summed E-state index contributed by atoms with van der Waals surface area (Å²) < 4.78 is 16.7. The Morgan fingerprint density at radius 1 is 1.00 bits per heavy atom. The summed E-state index contributed by atoms with van der Waals surface area (Å²) in [6.45, 7) is 0. The molecule has 0 radical (unpaired) electrons. The summed E-state index contributed by atoms with van der Waals surface area (Å²) in [5.74, 6) is 1.74. The van der Waals surface area contributed by atoms with Crippen LogP contribution in [-0.2, 0) is 11.8 Å². The molecule has 0 fully saturated rings. The number of hydrogen-bond donors (Lipinski definition) is 1. The first kappa shape index (κ1) is 18.6. The standard InChI is InChI=1S/C23H21N3O3/c1-27-20-11-16(12-21(28-2)22(20)29-3)23(15-7-5-4-6-8-15)10-9-17-18(13-23)25-26-19(17)14-24/h4-12H,13H2,1-3H3,(H,25,26). The summed E-state index contributed by atoms with van der Waals surface area (Å²) in [6, 6.07) is 16.3. The molecular formula is C23H21N3O3. The van der Waals surface area contributed by atoms with Crippen LogP contribution in [0, 0.1) is 11.3 Å². The summed E-state index contributed by atoms with van der Waals surface area (Å²) >= 11 is 0. The van der Waals surface area contributed by atoms with Gasteiger partial charge in [-0.3, -0.25) is 5.10 Å². The van der Waals surface area contributed by atoms with E-state index >= 15 is 0 Å². The van der Waals surface area contributed by atoms with Gasteiger partial charge in [-0.25, -0.2) is 0 Å². The van der Waals surface area contributed by atoms with Crippen molar-refractivity contribution in [2.45, 2.75) is 11.8 Å². The molecule has 29 heavy (non-hydrogen) atoms. The Morgan fingerprint density at radius 3 is 2.28 bits per heavy atom. The fourth-order valence-corrected chi connectivity index (χ4v) is 3.99. The second-order valence-corrected chi connectivity index (χ2v) is 6.84. The molecule has 1 aromatic heterocycles. The van der Waals surface area contributed by atoms with E-state index in [0.717, 1.165) is 22.4 Å². The van der Waals surface area contributed by atoms with Crippen molar-refractivity contribution in [3.63, 3.8) is 0 Å². The summed E-state index contributed by atoms with van der Waals surface area (Å²) in [7, 11) is 4.81. The topological polar surface area (TPSA) is 80.2 Å². The average Bonchev–Trinajstić information content (AvgIpc) is 3.20. The lowest BCUT2D eigenvalue weighted by Crippen LogP contribution is -2.30. The molecule has 0 spiro atoms. The number of hydrogen-bond acceptors (Lipinski definition) is 5. The molecule has 6 nitrogen and oxygen atoms in total. The molecule has 1 atom stereocenters. The zero-order chi connectivity index (χ0) is 20.4. The third kappa shape index (κ3) is 2.92. The molecule has 2 aromatic carbocycles. The van der Waals surface area contributed by atoms with Gasteiger partial charge >= 0.3 is 0 Å². The van der Waals surface area contributed by atoms with Crippen molar-refractivity contribution in [1.29, 1.82) is 5.26 Å². The van der Waals surface area contributed by atoms with E-state index in [1.54, 1.807) is 21.3 Å². The second kappa shape index (κ2) is 7.36. The van der Waals surface area contributed by atoms with Crippen LogP contribution in [0.2, 0.25) is 0 Å². The molecule has 3 aromatic rings. The lowest BCUT2D eigenvalue weighted by Gasteiger charge is -2.35. The van der Waals surface area contributed by atoms with Gasteiger partial charge in [-0.1, -0.05) is 42.5 Å². The maximum absolute atomic E-state index is 9.33. The highest BCUT2D eigenvalue weighted by Gasteiger charge is 2.38. The van der Waals surface area contributed by atoms with E-state index in [2.05, 4.69) is 34.5 Å². The largest absolute Gasteiger partial charge is 0.493 e. The number of ether oxygens (including phenoxy) is 3. The normalized spacial score (nSPS) is 17.3.